The fourth-order valence-corrected chi connectivity index (χ4v) is 4.41. The number of ether oxygens (including phenoxy) is 1. The maximum Gasteiger partial charge on any atom is 0.275 e. The quantitative estimate of drug-likeness (QED) is 0.496. The van der Waals surface area contributed by atoms with Crippen LogP contribution in [0.5, 0.6) is 0 Å². The van der Waals surface area contributed by atoms with Crippen LogP contribution in [0.4, 0.5) is 10.1 Å². The standard InChI is InChI=1S/C22H22ClFN4O2S/c1-14-18(23)5-2-6-19(14)25-22(29)21-20(13-31-17-9-7-15(24)8-10-17)26-27-28(21)12-16-4-3-11-30-16/h2,5-10,16H,3-4,11-13H2,1H3,(H,25,29). The molecule has 31 heavy (non-hydrogen) atoms. The summed E-state index contributed by atoms with van der Waals surface area (Å²) in [7, 11) is 0. The van der Waals surface area contributed by atoms with Crippen LogP contribution in [0, 0.1) is 12.7 Å². The molecular weight excluding hydrogens is 439 g/mol. The van der Waals surface area contributed by atoms with Gasteiger partial charge in [0.15, 0.2) is 5.69 Å². The normalized spacial score (nSPS) is 15.9. The molecule has 3 aromatic rings. The monoisotopic (exact) mass is 460 g/mol. The smallest absolute Gasteiger partial charge is 0.275 e. The highest BCUT2D eigenvalue weighted by Gasteiger charge is 2.25. The third kappa shape index (κ3) is 5.26. The zero-order valence-corrected chi connectivity index (χ0v) is 18.5. The Morgan fingerprint density at radius 1 is 1.32 bits per heavy atom. The number of thioether (sulfide) groups is 1. The summed E-state index contributed by atoms with van der Waals surface area (Å²) in [6.45, 7) is 3.03. The van der Waals surface area contributed by atoms with Gasteiger partial charge >= 0.3 is 0 Å². The van der Waals surface area contributed by atoms with Crippen molar-refractivity contribution in [2.45, 2.75) is 43.1 Å². The molecule has 6 nitrogen and oxygen atoms in total. The van der Waals surface area contributed by atoms with Crippen molar-refractivity contribution in [1.29, 1.82) is 0 Å². The van der Waals surface area contributed by atoms with E-state index < -0.39 is 0 Å². The Balaban J connectivity index is 1.58. The first-order valence-electron chi connectivity index (χ1n) is 10.00. The number of hydrogen-bond donors (Lipinski definition) is 1. The number of rotatable bonds is 7. The molecule has 0 aliphatic carbocycles. The molecule has 1 unspecified atom stereocenters. The average Bonchev–Trinajstić information content (AvgIpc) is 3.41. The van der Waals surface area contributed by atoms with Crippen LogP contribution in [0.25, 0.3) is 0 Å². The molecule has 1 atom stereocenters. The lowest BCUT2D eigenvalue weighted by Gasteiger charge is -2.14. The van der Waals surface area contributed by atoms with Crippen molar-refractivity contribution in [2.24, 2.45) is 0 Å². The van der Waals surface area contributed by atoms with Crippen LogP contribution in [-0.2, 0) is 17.0 Å². The number of carbonyl (C=O) groups is 1. The highest BCUT2D eigenvalue weighted by atomic mass is 35.5. The van der Waals surface area contributed by atoms with Crippen molar-refractivity contribution < 1.29 is 13.9 Å². The Morgan fingerprint density at radius 2 is 2.13 bits per heavy atom. The van der Waals surface area contributed by atoms with E-state index in [0.717, 1.165) is 29.9 Å². The van der Waals surface area contributed by atoms with E-state index >= 15 is 0 Å². The van der Waals surface area contributed by atoms with Crippen LogP contribution in [0.15, 0.2) is 47.4 Å². The van der Waals surface area contributed by atoms with Gasteiger partial charge in [-0.2, -0.15) is 0 Å². The topological polar surface area (TPSA) is 69.0 Å². The number of aromatic nitrogens is 3. The number of benzene rings is 2. The predicted octanol–water partition coefficient (Wildman–Crippen LogP) is 5.10. The van der Waals surface area contributed by atoms with Gasteiger partial charge in [0.25, 0.3) is 5.91 Å². The summed E-state index contributed by atoms with van der Waals surface area (Å²) >= 11 is 7.67. The molecule has 1 saturated heterocycles. The van der Waals surface area contributed by atoms with Crippen molar-refractivity contribution in [3.8, 4) is 0 Å². The van der Waals surface area contributed by atoms with Gasteiger partial charge in [-0.1, -0.05) is 22.9 Å². The number of nitrogens with zero attached hydrogens (tertiary/aromatic N) is 3. The molecule has 1 amide bonds. The second-order valence-electron chi connectivity index (χ2n) is 7.31. The van der Waals surface area contributed by atoms with Crippen molar-refractivity contribution in [3.63, 3.8) is 0 Å². The second kappa shape index (κ2) is 9.80. The van der Waals surface area contributed by atoms with Crippen LogP contribution in [0.3, 0.4) is 0 Å². The van der Waals surface area contributed by atoms with Crippen molar-refractivity contribution in [1.82, 2.24) is 15.0 Å². The number of amides is 1. The van der Waals surface area contributed by atoms with Gasteiger partial charge in [-0.25, -0.2) is 9.07 Å². The minimum absolute atomic E-state index is 0.0127. The highest BCUT2D eigenvalue weighted by molar-refractivity contribution is 7.98. The van der Waals surface area contributed by atoms with Gasteiger partial charge in [0.2, 0.25) is 0 Å². The third-order valence-electron chi connectivity index (χ3n) is 5.13. The van der Waals surface area contributed by atoms with Crippen molar-refractivity contribution in [2.75, 3.05) is 11.9 Å². The molecule has 0 spiro atoms. The van der Waals surface area contributed by atoms with Crippen LogP contribution in [-0.4, -0.2) is 33.6 Å². The molecule has 4 rings (SSSR count). The van der Waals surface area contributed by atoms with Gasteiger partial charge in [0, 0.05) is 28.0 Å². The summed E-state index contributed by atoms with van der Waals surface area (Å²) in [6.07, 6.45) is 1.93. The van der Waals surface area contributed by atoms with Crippen molar-refractivity contribution >= 4 is 35.0 Å². The van der Waals surface area contributed by atoms with Crippen LogP contribution in [0.2, 0.25) is 5.02 Å². The summed E-state index contributed by atoms with van der Waals surface area (Å²) in [5.74, 6) is -0.166. The minimum Gasteiger partial charge on any atom is -0.376 e. The Hall–Kier alpha value is -2.42. The third-order valence-corrected chi connectivity index (χ3v) is 6.56. The maximum atomic E-state index is 13.3. The first-order valence-corrected chi connectivity index (χ1v) is 11.4. The summed E-state index contributed by atoms with van der Waals surface area (Å²) in [6, 6.07) is 11.6. The van der Waals surface area contributed by atoms with Gasteiger partial charge in [-0.05, 0) is 61.7 Å². The van der Waals surface area contributed by atoms with Gasteiger partial charge < -0.3 is 10.1 Å². The second-order valence-corrected chi connectivity index (χ2v) is 8.77. The predicted molar refractivity (Wildman–Crippen MR) is 119 cm³/mol. The molecule has 0 saturated carbocycles. The van der Waals surface area contributed by atoms with E-state index in [2.05, 4.69) is 15.6 Å². The van der Waals surface area contributed by atoms with Crippen LogP contribution >= 0.6 is 23.4 Å². The number of nitrogens with one attached hydrogen (secondary N) is 1. The number of anilines is 1. The Bertz CT molecular complexity index is 1070. The van der Waals surface area contributed by atoms with E-state index in [1.807, 2.05) is 6.92 Å². The van der Waals surface area contributed by atoms with Crippen LogP contribution < -0.4 is 5.32 Å². The van der Waals surface area contributed by atoms with Crippen LogP contribution in [0.1, 0.15) is 34.6 Å². The molecule has 162 valence electrons. The SMILES string of the molecule is Cc1c(Cl)cccc1NC(=O)c1c(CSc2ccc(F)cc2)nnn1CC1CCCO1. The van der Waals surface area contributed by atoms with Gasteiger partial charge in [-0.3, -0.25) is 4.79 Å². The summed E-state index contributed by atoms with van der Waals surface area (Å²) in [4.78, 5) is 14.1. The van der Waals surface area contributed by atoms with Gasteiger partial charge in [-0.15, -0.1) is 16.9 Å². The largest absolute Gasteiger partial charge is 0.376 e. The summed E-state index contributed by atoms with van der Waals surface area (Å²) in [5, 5.41) is 12.0. The molecule has 1 aliphatic rings. The van der Waals surface area contributed by atoms with E-state index in [9.17, 15) is 9.18 Å². The summed E-state index contributed by atoms with van der Waals surface area (Å²) < 4.78 is 20.5. The van der Waals surface area contributed by atoms with E-state index in [4.69, 9.17) is 16.3 Å². The molecule has 0 bridgehead atoms. The van der Waals surface area contributed by atoms with E-state index in [1.165, 1.54) is 23.9 Å². The Morgan fingerprint density at radius 3 is 2.87 bits per heavy atom. The van der Waals surface area contributed by atoms with Gasteiger partial charge in [0.1, 0.15) is 11.5 Å². The first-order chi connectivity index (χ1) is 15.0. The molecule has 1 aromatic heterocycles. The molecule has 1 N–H and O–H groups in total. The minimum atomic E-state index is -0.303. The van der Waals surface area contributed by atoms with E-state index in [1.54, 1.807) is 35.0 Å². The molecule has 1 fully saturated rings. The maximum absolute atomic E-state index is 13.3. The molecule has 9 heteroatoms. The zero-order chi connectivity index (χ0) is 21.8. The lowest BCUT2D eigenvalue weighted by molar-refractivity contribution is 0.0899. The Labute approximate surface area is 189 Å². The fourth-order valence-electron chi connectivity index (χ4n) is 3.41. The van der Waals surface area contributed by atoms with Gasteiger partial charge in [0.05, 0.1) is 12.6 Å². The number of carbonyl (C=O) groups excluding carboxylic acids is 1. The molecule has 2 aromatic carbocycles. The van der Waals surface area contributed by atoms with Crippen molar-refractivity contribution in [3.05, 3.63) is 70.3 Å². The molecule has 2 heterocycles. The zero-order valence-electron chi connectivity index (χ0n) is 17.0. The van der Waals surface area contributed by atoms with E-state index in [0.29, 0.717) is 34.4 Å². The lowest BCUT2D eigenvalue weighted by Crippen LogP contribution is -2.24. The number of halogens is 2. The molecular formula is C22H22ClFN4O2S. The average molecular weight is 461 g/mol. The molecule has 1 aliphatic heterocycles. The lowest BCUT2D eigenvalue weighted by atomic mass is 10.2. The molecule has 0 radical (unpaired) electrons. The Kier molecular flexibility index (Phi) is 6.89. The summed E-state index contributed by atoms with van der Waals surface area (Å²) in [5.41, 5.74) is 2.38. The fraction of sp³-hybridized carbons (Fsp3) is 0.318. The number of hydrogen-bond acceptors (Lipinski definition) is 5. The highest BCUT2D eigenvalue weighted by Crippen LogP contribution is 2.27. The first kappa shape index (κ1) is 21.8. The van der Waals surface area contributed by atoms with E-state index in [-0.39, 0.29) is 17.8 Å².